The van der Waals surface area contributed by atoms with E-state index < -0.39 is 0 Å². The quantitative estimate of drug-likeness (QED) is 0.635. The van der Waals surface area contributed by atoms with E-state index in [9.17, 15) is 4.79 Å². The van der Waals surface area contributed by atoms with Gasteiger partial charge in [-0.1, -0.05) is 48.0 Å². The summed E-state index contributed by atoms with van der Waals surface area (Å²) in [4.78, 5) is 12.6. The average Bonchev–Trinajstić information content (AvgIpc) is 2.74. The van der Waals surface area contributed by atoms with Gasteiger partial charge in [0.25, 0.3) is 0 Å². The van der Waals surface area contributed by atoms with Crippen molar-refractivity contribution < 1.29 is 9.21 Å². The molecule has 0 unspecified atom stereocenters. The molecule has 2 heteroatoms. The maximum absolute atomic E-state index is 12.6. The number of ketones is 1. The van der Waals surface area contributed by atoms with Crippen molar-refractivity contribution in [1.29, 1.82) is 0 Å². The Bertz CT molecular complexity index is 749. The fraction of sp³-hybridized carbons (Fsp3) is 0.118. The first-order chi connectivity index (χ1) is 9.16. The zero-order chi connectivity index (χ0) is 13.4. The van der Waals surface area contributed by atoms with Gasteiger partial charge in [0, 0.05) is 10.9 Å². The second kappa shape index (κ2) is 4.39. The Kier molecular flexibility index (Phi) is 2.71. The predicted octanol–water partition coefficient (Wildman–Crippen LogP) is 4.28. The normalized spacial score (nSPS) is 10.8. The molecule has 0 saturated heterocycles. The number of hydrogen-bond acceptors (Lipinski definition) is 2. The maximum atomic E-state index is 12.6. The van der Waals surface area contributed by atoms with Crippen LogP contribution in [0.3, 0.4) is 0 Å². The molecule has 0 N–H and O–H groups in total. The first-order valence-electron chi connectivity index (χ1n) is 6.26. The van der Waals surface area contributed by atoms with Gasteiger partial charge in [0.2, 0.25) is 0 Å². The molecule has 1 aromatic heterocycles. The molecule has 3 rings (SSSR count). The number of hydrogen-bond donors (Lipinski definition) is 0. The van der Waals surface area contributed by atoms with E-state index in [0.29, 0.717) is 16.9 Å². The van der Waals surface area contributed by atoms with Gasteiger partial charge in [-0.25, -0.2) is 0 Å². The highest BCUT2D eigenvalue weighted by Gasteiger charge is 2.18. The fourth-order valence-electron chi connectivity index (χ4n) is 2.30. The van der Waals surface area contributed by atoms with Crippen molar-refractivity contribution in [1.82, 2.24) is 0 Å². The number of carbonyl (C=O) groups is 1. The van der Waals surface area contributed by atoms with E-state index in [1.807, 2.05) is 62.4 Å². The monoisotopic (exact) mass is 250 g/mol. The van der Waals surface area contributed by atoms with Gasteiger partial charge in [-0.15, -0.1) is 0 Å². The van der Waals surface area contributed by atoms with Crippen LogP contribution >= 0.6 is 0 Å². The van der Waals surface area contributed by atoms with Gasteiger partial charge in [-0.05, 0) is 19.9 Å². The van der Waals surface area contributed by atoms with Crippen LogP contribution < -0.4 is 0 Å². The summed E-state index contributed by atoms with van der Waals surface area (Å²) in [6.45, 7) is 3.84. The standard InChI is InChI=1S/C17H14O2/c1-11-7-9-13(10-8-11)17(18)16-12(2)19-15-6-4-3-5-14(15)16/h3-10H,1-2H3. The van der Waals surface area contributed by atoms with Crippen molar-refractivity contribution in [3.8, 4) is 0 Å². The zero-order valence-corrected chi connectivity index (χ0v) is 10.9. The molecule has 0 bridgehead atoms. The van der Waals surface area contributed by atoms with Gasteiger partial charge in [0.1, 0.15) is 11.3 Å². The van der Waals surface area contributed by atoms with Crippen molar-refractivity contribution in [2.45, 2.75) is 13.8 Å². The third-order valence-corrected chi connectivity index (χ3v) is 3.31. The van der Waals surface area contributed by atoms with Gasteiger partial charge in [0.05, 0.1) is 5.56 Å². The molecule has 94 valence electrons. The highest BCUT2D eigenvalue weighted by Crippen LogP contribution is 2.27. The molecule has 0 aliphatic heterocycles. The number of carbonyl (C=O) groups excluding carboxylic acids is 1. The lowest BCUT2D eigenvalue weighted by Gasteiger charge is -2.01. The van der Waals surface area contributed by atoms with E-state index in [-0.39, 0.29) is 5.78 Å². The molecule has 19 heavy (non-hydrogen) atoms. The largest absolute Gasteiger partial charge is 0.461 e. The number of benzene rings is 2. The van der Waals surface area contributed by atoms with Crippen molar-refractivity contribution in [3.05, 3.63) is 71.0 Å². The molecule has 1 heterocycles. The smallest absolute Gasteiger partial charge is 0.197 e. The van der Waals surface area contributed by atoms with E-state index in [1.54, 1.807) is 0 Å². The number of fused-ring (bicyclic) bond motifs is 1. The van der Waals surface area contributed by atoms with E-state index in [4.69, 9.17) is 4.42 Å². The number of para-hydroxylation sites is 1. The minimum atomic E-state index is 0.0162. The molecule has 2 aromatic carbocycles. The second-order valence-corrected chi connectivity index (χ2v) is 4.72. The number of furan rings is 1. The highest BCUT2D eigenvalue weighted by atomic mass is 16.3. The van der Waals surface area contributed by atoms with E-state index in [2.05, 4.69) is 0 Å². The van der Waals surface area contributed by atoms with Crippen LogP contribution in [0.1, 0.15) is 27.2 Å². The molecule has 0 fully saturated rings. The van der Waals surface area contributed by atoms with Crippen LogP contribution in [0.4, 0.5) is 0 Å². The molecule has 2 nitrogen and oxygen atoms in total. The minimum Gasteiger partial charge on any atom is -0.461 e. The Morgan fingerprint density at radius 2 is 1.63 bits per heavy atom. The van der Waals surface area contributed by atoms with Crippen LogP contribution in [-0.4, -0.2) is 5.78 Å². The Hall–Kier alpha value is -2.35. The van der Waals surface area contributed by atoms with E-state index in [1.165, 1.54) is 0 Å². The molecule has 0 aliphatic rings. The van der Waals surface area contributed by atoms with Gasteiger partial charge in [-0.2, -0.15) is 0 Å². The van der Waals surface area contributed by atoms with Crippen molar-refractivity contribution in [3.63, 3.8) is 0 Å². The molecule has 0 amide bonds. The SMILES string of the molecule is Cc1ccc(C(=O)c2c(C)oc3ccccc23)cc1. The Morgan fingerprint density at radius 1 is 0.947 bits per heavy atom. The predicted molar refractivity (Wildman–Crippen MR) is 75.6 cm³/mol. The third kappa shape index (κ3) is 1.95. The van der Waals surface area contributed by atoms with Crippen molar-refractivity contribution in [2.75, 3.05) is 0 Å². The number of rotatable bonds is 2. The Labute approximate surface area is 111 Å². The lowest BCUT2D eigenvalue weighted by molar-refractivity contribution is 0.103. The first-order valence-corrected chi connectivity index (χ1v) is 6.26. The summed E-state index contributed by atoms with van der Waals surface area (Å²) in [7, 11) is 0. The van der Waals surface area contributed by atoms with Crippen molar-refractivity contribution >= 4 is 16.8 Å². The lowest BCUT2D eigenvalue weighted by atomic mass is 10.00. The Balaban J connectivity index is 2.16. The number of aryl methyl sites for hydroxylation is 2. The van der Waals surface area contributed by atoms with Crippen LogP contribution in [0.2, 0.25) is 0 Å². The van der Waals surface area contributed by atoms with Crippen LogP contribution in [0.25, 0.3) is 11.0 Å². The summed E-state index contributed by atoms with van der Waals surface area (Å²) in [6.07, 6.45) is 0. The van der Waals surface area contributed by atoms with Crippen molar-refractivity contribution in [2.24, 2.45) is 0 Å². The summed E-state index contributed by atoms with van der Waals surface area (Å²) in [5.41, 5.74) is 3.26. The maximum Gasteiger partial charge on any atom is 0.197 e. The van der Waals surface area contributed by atoms with Gasteiger partial charge >= 0.3 is 0 Å². The highest BCUT2D eigenvalue weighted by molar-refractivity contribution is 6.16. The van der Waals surface area contributed by atoms with Gasteiger partial charge in [0.15, 0.2) is 5.78 Å². The van der Waals surface area contributed by atoms with Crippen LogP contribution in [-0.2, 0) is 0 Å². The molecule has 0 atom stereocenters. The molecule has 0 aliphatic carbocycles. The second-order valence-electron chi connectivity index (χ2n) is 4.72. The molecular weight excluding hydrogens is 236 g/mol. The summed E-state index contributed by atoms with van der Waals surface area (Å²) in [5.74, 6) is 0.689. The fourth-order valence-corrected chi connectivity index (χ4v) is 2.30. The summed E-state index contributed by atoms with van der Waals surface area (Å²) >= 11 is 0. The minimum absolute atomic E-state index is 0.0162. The topological polar surface area (TPSA) is 30.2 Å². The van der Waals surface area contributed by atoms with Crippen LogP contribution in [0.15, 0.2) is 52.9 Å². The van der Waals surface area contributed by atoms with Gasteiger partial charge in [-0.3, -0.25) is 4.79 Å². The van der Waals surface area contributed by atoms with Crippen LogP contribution in [0.5, 0.6) is 0 Å². The molecule has 0 saturated carbocycles. The summed E-state index contributed by atoms with van der Waals surface area (Å²) < 4.78 is 5.64. The summed E-state index contributed by atoms with van der Waals surface area (Å²) in [6, 6.07) is 15.3. The van der Waals surface area contributed by atoms with Gasteiger partial charge < -0.3 is 4.42 Å². The molecule has 3 aromatic rings. The molecular formula is C17H14O2. The molecule has 0 radical (unpaired) electrons. The lowest BCUT2D eigenvalue weighted by Crippen LogP contribution is -2.02. The average molecular weight is 250 g/mol. The van der Waals surface area contributed by atoms with E-state index >= 15 is 0 Å². The zero-order valence-electron chi connectivity index (χ0n) is 10.9. The Morgan fingerprint density at radius 3 is 2.37 bits per heavy atom. The first kappa shape index (κ1) is 11.7. The van der Waals surface area contributed by atoms with Crippen LogP contribution in [0, 0.1) is 13.8 Å². The molecule has 0 spiro atoms. The van der Waals surface area contributed by atoms with E-state index in [0.717, 1.165) is 16.5 Å². The third-order valence-electron chi connectivity index (χ3n) is 3.31. The summed E-state index contributed by atoms with van der Waals surface area (Å²) in [5, 5.41) is 0.880.